The number of ketones is 1. The highest BCUT2D eigenvalue weighted by Crippen LogP contribution is 2.23. The van der Waals surface area contributed by atoms with Crippen molar-refractivity contribution in [3.63, 3.8) is 0 Å². The minimum absolute atomic E-state index is 0.130. The first kappa shape index (κ1) is 13.0. The lowest BCUT2D eigenvalue weighted by atomic mass is 10.1. The van der Waals surface area contributed by atoms with Gasteiger partial charge in [0.2, 0.25) is 0 Å². The van der Waals surface area contributed by atoms with Crippen molar-refractivity contribution in [3.05, 3.63) is 47.4 Å². The fraction of sp³-hybridized carbons (Fsp3) is 0.143. The third-order valence-electron chi connectivity index (χ3n) is 2.81. The van der Waals surface area contributed by atoms with Crippen LogP contribution in [0.1, 0.15) is 27.8 Å². The number of hydrogen-bond donors (Lipinski definition) is 2. The molecule has 5 heteroatoms. The molecule has 1 aromatic heterocycles. The molecule has 98 valence electrons. The number of carbonyl (C=O) groups is 2. The summed E-state index contributed by atoms with van der Waals surface area (Å²) in [5.41, 5.74) is 1.49. The third kappa shape index (κ3) is 2.54. The number of hydrogen-bond acceptors (Lipinski definition) is 2. The number of aromatic amines is 1. The molecule has 0 unspecified atom stereocenters. The van der Waals surface area contributed by atoms with Crippen LogP contribution in [0.5, 0.6) is 0 Å². The van der Waals surface area contributed by atoms with Crippen LogP contribution in [-0.2, 0) is 0 Å². The Bertz CT molecular complexity index is 647. The standard InChI is InChI=1S/C14H13FN2O2/c1-8(18)12-5-6-13(17-12)10-7-9(14(19)16-2)3-4-11(10)15/h3-7,17H,1-2H3,(H,16,19). The molecule has 1 heterocycles. The number of amides is 1. The maximum absolute atomic E-state index is 13.8. The van der Waals surface area contributed by atoms with Gasteiger partial charge in [0.15, 0.2) is 5.78 Å². The van der Waals surface area contributed by atoms with Gasteiger partial charge in [-0.25, -0.2) is 4.39 Å². The van der Waals surface area contributed by atoms with Gasteiger partial charge in [-0.2, -0.15) is 0 Å². The Morgan fingerprint density at radius 2 is 1.95 bits per heavy atom. The predicted octanol–water partition coefficient (Wildman–Crippen LogP) is 2.38. The van der Waals surface area contributed by atoms with Gasteiger partial charge in [-0.1, -0.05) is 0 Å². The predicted molar refractivity (Wildman–Crippen MR) is 69.6 cm³/mol. The highest BCUT2D eigenvalue weighted by Gasteiger charge is 2.12. The second kappa shape index (κ2) is 5.06. The first-order valence-corrected chi connectivity index (χ1v) is 5.75. The molecule has 0 atom stereocenters. The number of halogens is 1. The molecule has 0 fully saturated rings. The molecule has 19 heavy (non-hydrogen) atoms. The van der Waals surface area contributed by atoms with Crippen LogP contribution in [0.2, 0.25) is 0 Å². The summed E-state index contributed by atoms with van der Waals surface area (Å²) >= 11 is 0. The highest BCUT2D eigenvalue weighted by atomic mass is 19.1. The van der Waals surface area contributed by atoms with Gasteiger partial charge in [0.1, 0.15) is 5.82 Å². The van der Waals surface area contributed by atoms with E-state index in [4.69, 9.17) is 0 Å². The number of H-pyrrole nitrogens is 1. The average Bonchev–Trinajstić information content (AvgIpc) is 2.88. The number of nitrogens with one attached hydrogen (secondary N) is 2. The molecule has 0 radical (unpaired) electrons. The van der Waals surface area contributed by atoms with Gasteiger partial charge in [-0.05, 0) is 30.3 Å². The molecular formula is C14H13FN2O2. The van der Waals surface area contributed by atoms with Crippen molar-refractivity contribution >= 4 is 11.7 Å². The molecule has 0 bridgehead atoms. The van der Waals surface area contributed by atoms with E-state index in [0.29, 0.717) is 17.0 Å². The first-order chi connectivity index (χ1) is 9.02. The number of benzene rings is 1. The Labute approximate surface area is 109 Å². The zero-order valence-electron chi connectivity index (χ0n) is 10.6. The van der Waals surface area contributed by atoms with E-state index in [9.17, 15) is 14.0 Å². The van der Waals surface area contributed by atoms with Crippen LogP contribution in [-0.4, -0.2) is 23.7 Å². The summed E-state index contributed by atoms with van der Waals surface area (Å²) in [7, 11) is 1.51. The molecule has 0 aliphatic rings. The molecule has 2 rings (SSSR count). The quantitative estimate of drug-likeness (QED) is 0.832. The van der Waals surface area contributed by atoms with E-state index in [1.165, 1.54) is 32.2 Å². The molecule has 0 aliphatic carbocycles. The van der Waals surface area contributed by atoms with Crippen molar-refractivity contribution in [1.82, 2.24) is 10.3 Å². The molecule has 1 aromatic carbocycles. The van der Waals surface area contributed by atoms with Gasteiger partial charge in [0.05, 0.1) is 5.69 Å². The number of rotatable bonds is 3. The van der Waals surface area contributed by atoms with Crippen molar-refractivity contribution in [2.45, 2.75) is 6.92 Å². The lowest BCUT2D eigenvalue weighted by Crippen LogP contribution is -2.17. The summed E-state index contributed by atoms with van der Waals surface area (Å²) in [4.78, 5) is 25.6. The Morgan fingerprint density at radius 3 is 2.53 bits per heavy atom. The molecule has 0 saturated carbocycles. The van der Waals surface area contributed by atoms with Gasteiger partial charge >= 0.3 is 0 Å². The van der Waals surface area contributed by atoms with Crippen molar-refractivity contribution < 1.29 is 14.0 Å². The van der Waals surface area contributed by atoms with Crippen molar-refractivity contribution in [2.24, 2.45) is 0 Å². The summed E-state index contributed by atoms with van der Waals surface area (Å²) < 4.78 is 13.8. The smallest absolute Gasteiger partial charge is 0.251 e. The summed E-state index contributed by atoms with van der Waals surface area (Å²) in [5, 5.41) is 2.48. The van der Waals surface area contributed by atoms with E-state index >= 15 is 0 Å². The molecule has 0 spiro atoms. The van der Waals surface area contributed by atoms with E-state index in [2.05, 4.69) is 10.3 Å². The Hall–Kier alpha value is -2.43. The highest BCUT2D eigenvalue weighted by molar-refractivity contribution is 5.96. The van der Waals surface area contributed by atoms with Gasteiger partial charge in [-0.15, -0.1) is 0 Å². The SMILES string of the molecule is CNC(=O)c1ccc(F)c(-c2ccc(C(C)=O)[nH]2)c1. The molecule has 0 aliphatic heterocycles. The van der Waals surface area contributed by atoms with E-state index in [1.54, 1.807) is 12.1 Å². The third-order valence-corrected chi connectivity index (χ3v) is 2.81. The lowest BCUT2D eigenvalue weighted by molar-refractivity contribution is 0.0961. The van der Waals surface area contributed by atoms with Crippen LogP contribution in [0.4, 0.5) is 4.39 Å². The summed E-state index contributed by atoms with van der Waals surface area (Å²) in [6, 6.07) is 7.29. The molecule has 2 N–H and O–H groups in total. The Kier molecular flexibility index (Phi) is 3.46. The van der Waals surface area contributed by atoms with Gasteiger partial charge in [0.25, 0.3) is 5.91 Å². The van der Waals surface area contributed by atoms with Crippen LogP contribution in [0, 0.1) is 5.82 Å². The van der Waals surface area contributed by atoms with E-state index in [1.807, 2.05) is 0 Å². The van der Waals surface area contributed by atoms with Gasteiger partial charge in [0, 0.05) is 30.8 Å². The normalized spacial score (nSPS) is 10.3. The maximum atomic E-state index is 13.8. The second-order valence-electron chi connectivity index (χ2n) is 4.12. The van der Waals surface area contributed by atoms with E-state index < -0.39 is 5.82 Å². The average molecular weight is 260 g/mol. The van der Waals surface area contributed by atoms with E-state index in [-0.39, 0.29) is 17.3 Å². The van der Waals surface area contributed by atoms with Gasteiger partial charge < -0.3 is 10.3 Å². The summed E-state index contributed by atoms with van der Waals surface area (Å²) in [6.07, 6.45) is 0. The lowest BCUT2D eigenvalue weighted by Gasteiger charge is -2.04. The van der Waals surface area contributed by atoms with Crippen LogP contribution < -0.4 is 5.32 Å². The molecule has 0 saturated heterocycles. The van der Waals surface area contributed by atoms with Crippen LogP contribution in [0.3, 0.4) is 0 Å². The monoisotopic (exact) mass is 260 g/mol. The maximum Gasteiger partial charge on any atom is 0.251 e. The first-order valence-electron chi connectivity index (χ1n) is 5.75. The number of aromatic nitrogens is 1. The Balaban J connectivity index is 2.48. The van der Waals surface area contributed by atoms with Crippen molar-refractivity contribution in [1.29, 1.82) is 0 Å². The summed E-state index contributed by atoms with van der Waals surface area (Å²) in [5.74, 6) is -0.877. The number of Topliss-reactive ketones (excluding diaryl/α,β-unsaturated/α-hetero) is 1. The second-order valence-corrected chi connectivity index (χ2v) is 4.12. The fourth-order valence-electron chi connectivity index (χ4n) is 1.77. The van der Waals surface area contributed by atoms with Gasteiger partial charge in [-0.3, -0.25) is 9.59 Å². The minimum atomic E-state index is -0.454. The molecular weight excluding hydrogens is 247 g/mol. The van der Waals surface area contributed by atoms with Crippen LogP contribution in [0.25, 0.3) is 11.3 Å². The molecule has 4 nitrogen and oxygen atoms in total. The zero-order chi connectivity index (χ0) is 14.0. The minimum Gasteiger partial charge on any atom is -0.355 e. The zero-order valence-corrected chi connectivity index (χ0v) is 10.6. The van der Waals surface area contributed by atoms with Crippen molar-refractivity contribution in [3.8, 4) is 11.3 Å². The van der Waals surface area contributed by atoms with E-state index in [0.717, 1.165) is 0 Å². The Morgan fingerprint density at radius 1 is 1.21 bits per heavy atom. The largest absolute Gasteiger partial charge is 0.355 e. The van der Waals surface area contributed by atoms with Crippen LogP contribution in [0.15, 0.2) is 30.3 Å². The molecule has 2 aromatic rings. The number of carbonyl (C=O) groups excluding carboxylic acids is 2. The van der Waals surface area contributed by atoms with Crippen LogP contribution >= 0.6 is 0 Å². The molecule has 1 amide bonds. The fourth-order valence-corrected chi connectivity index (χ4v) is 1.77. The van der Waals surface area contributed by atoms with Crippen molar-refractivity contribution in [2.75, 3.05) is 7.05 Å². The summed E-state index contributed by atoms with van der Waals surface area (Å²) in [6.45, 7) is 1.42. The topological polar surface area (TPSA) is 62.0 Å².